The van der Waals surface area contributed by atoms with E-state index in [2.05, 4.69) is 38.3 Å². The molecular weight excluding hydrogens is 527 g/mol. The van der Waals surface area contributed by atoms with E-state index in [0.29, 0.717) is 35.8 Å². The number of fused-ring (bicyclic) bond motifs is 5. The predicted octanol–water partition coefficient (Wildman–Crippen LogP) is 5.82. The van der Waals surface area contributed by atoms with Gasteiger partial charge in [-0.05, 0) is 94.5 Å². The van der Waals surface area contributed by atoms with Crippen LogP contribution in [-0.2, 0) is 6.42 Å². The average Bonchev–Trinajstić information content (AvgIpc) is 3.29. The molecule has 4 aromatic rings. The number of halogens is 1. The molecule has 7 nitrogen and oxygen atoms in total. The van der Waals surface area contributed by atoms with Crippen LogP contribution in [0.1, 0.15) is 56.9 Å². The van der Waals surface area contributed by atoms with Gasteiger partial charge in [0.25, 0.3) is 0 Å². The lowest BCUT2D eigenvalue weighted by Gasteiger charge is -2.34. The molecule has 2 bridgehead atoms. The third kappa shape index (κ3) is 4.13. The Kier molecular flexibility index (Phi) is 5.81. The standard InChI is InChI=1S/C34H39FN6O/c35-30-25(27-17-36-28-5-1-4-22(29(27)28)16-21-6-7-21)10-11-26-31(30)38-33(42-20-34-12-2-14-41(34)15-3-13-34)39-32(26)40-18-23-8-9-24(19-40)37-23/h1,4-5,10-11,17,21,23-24,36-37H,2-3,6-9,12-16,18-20H2. The van der Waals surface area contributed by atoms with Crippen LogP contribution < -0.4 is 15.0 Å². The number of hydrogen-bond donors (Lipinski definition) is 2. The van der Waals surface area contributed by atoms with Crippen molar-refractivity contribution < 1.29 is 9.13 Å². The molecule has 1 saturated carbocycles. The van der Waals surface area contributed by atoms with Crippen molar-refractivity contribution in [2.45, 2.75) is 75.4 Å². The number of hydrogen-bond acceptors (Lipinski definition) is 6. The van der Waals surface area contributed by atoms with E-state index in [9.17, 15) is 0 Å². The van der Waals surface area contributed by atoms with E-state index in [1.165, 1.54) is 44.1 Å². The van der Waals surface area contributed by atoms with Crippen LogP contribution in [0.3, 0.4) is 0 Å². The number of anilines is 1. The predicted molar refractivity (Wildman–Crippen MR) is 164 cm³/mol. The molecule has 8 heteroatoms. The summed E-state index contributed by atoms with van der Waals surface area (Å²) >= 11 is 0. The number of nitrogens with zero attached hydrogens (tertiary/aromatic N) is 4. The Balaban J connectivity index is 1.15. The summed E-state index contributed by atoms with van der Waals surface area (Å²) in [5.74, 6) is 1.27. The summed E-state index contributed by atoms with van der Waals surface area (Å²) in [7, 11) is 0. The summed E-state index contributed by atoms with van der Waals surface area (Å²) in [5.41, 5.74) is 4.29. The molecule has 2 unspecified atom stereocenters. The topological polar surface area (TPSA) is 69.3 Å². The molecule has 0 radical (unpaired) electrons. The van der Waals surface area contributed by atoms with Crippen molar-refractivity contribution in [1.29, 1.82) is 0 Å². The largest absolute Gasteiger partial charge is 0.461 e. The van der Waals surface area contributed by atoms with Gasteiger partial charge in [0.1, 0.15) is 17.9 Å². The van der Waals surface area contributed by atoms with E-state index in [0.717, 1.165) is 79.0 Å². The number of benzene rings is 2. The molecule has 5 aliphatic rings. The van der Waals surface area contributed by atoms with Crippen molar-refractivity contribution in [1.82, 2.24) is 25.2 Å². The Morgan fingerprint density at radius 2 is 1.76 bits per heavy atom. The minimum absolute atomic E-state index is 0.0784. The molecule has 6 heterocycles. The second-order valence-corrected chi connectivity index (χ2v) is 13.6. The third-order valence-corrected chi connectivity index (χ3v) is 10.9. The zero-order valence-corrected chi connectivity index (χ0v) is 24.2. The highest BCUT2D eigenvalue weighted by molar-refractivity contribution is 6.01. The highest BCUT2D eigenvalue weighted by Gasteiger charge is 2.45. The molecule has 2 aromatic heterocycles. The first-order chi connectivity index (χ1) is 20.6. The second kappa shape index (κ2) is 9.64. The fourth-order valence-corrected chi connectivity index (χ4v) is 8.55. The van der Waals surface area contributed by atoms with Crippen LogP contribution in [0.5, 0.6) is 6.01 Å². The smallest absolute Gasteiger partial charge is 0.319 e. The minimum atomic E-state index is -0.289. The van der Waals surface area contributed by atoms with Crippen LogP contribution in [0, 0.1) is 11.7 Å². The zero-order valence-electron chi connectivity index (χ0n) is 24.2. The molecule has 218 valence electrons. The summed E-state index contributed by atoms with van der Waals surface area (Å²) in [5, 5.41) is 5.62. The second-order valence-electron chi connectivity index (χ2n) is 13.6. The van der Waals surface area contributed by atoms with E-state index in [4.69, 9.17) is 14.7 Å². The van der Waals surface area contributed by atoms with Gasteiger partial charge in [0.15, 0.2) is 5.82 Å². The van der Waals surface area contributed by atoms with Gasteiger partial charge < -0.3 is 19.9 Å². The molecule has 0 amide bonds. The first-order valence-electron chi connectivity index (χ1n) is 16.1. The van der Waals surface area contributed by atoms with E-state index in [1.807, 2.05) is 18.3 Å². The summed E-state index contributed by atoms with van der Waals surface area (Å²) in [6, 6.07) is 11.6. The zero-order chi connectivity index (χ0) is 27.8. The summed E-state index contributed by atoms with van der Waals surface area (Å²) < 4.78 is 23.3. The van der Waals surface area contributed by atoms with Crippen LogP contribution in [-0.4, -0.2) is 70.3 Å². The Bertz CT molecular complexity index is 1660. The van der Waals surface area contributed by atoms with Crippen molar-refractivity contribution in [3.05, 3.63) is 47.9 Å². The Labute approximate surface area is 245 Å². The number of nitrogens with one attached hydrogen (secondary N) is 2. The van der Waals surface area contributed by atoms with Gasteiger partial charge in [-0.25, -0.2) is 4.39 Å². The van der Waals surface area contributed by atoms with Crippen LogP contribution in [0.25, 0.3) is 32.9 Å². The fourth-order valence-electron chi connectivity index (χ4n) is 8.55. The maximum absolute atomic E-state index is 16.8. The Morgan fingerprint density at radius 3 is 2.55 bits per heavy atom. The highest BCUT2D eigenvalue weighted by atomic mass is 19.1. The van der Waals surface area contributed by atoms with Crippen molar-refractivity contribution >= 4 is 27.6 Å². The van der Waals surface area contributed by atoms with E-state index in [-0.39, 0.29) is 11.4 Å². The fraction of sp³-hybridized carbons (Fsp3) is 0.529. The molecule has 4 aliphatic heterocycles. The molecule has 5 fully saturated rings. The first kappa shape index (κ1) is 25.3. The normalized spacial score (nSPS) is 25.1. The maximum atomic E-state index is 16.8. The van der Waals surface area contributed by atoms with Gasteiger partial charge in [-0.3, -0.25) is 4.90 Å². The molecule has 1 aliphatic carbocycles. The number of aromatic amines is 1. The molecule has 4 saturated heterocycles. The van der Waals surface area contributed by atoms with Gasteiger partial charge in [0.05, 0.1) is 5.54 Å². The number of rotatable bonds is 7. The summed E-state index contributed by atoms with van der Waals surface area (Å²) in [6.07, 6.45) is 12.7. The lowest BCUT2D eigenvalue weighted by atomic mass is 9.95. The summed E-state index contributed by atoms with van der Waals surface area (Å²) in [6.45, 7) is 4.59. The molecule has 9 rings (SSSR count). The van der Waals surface area contributed by atoms with Gasteiger partial charge in [0.2, 0.25) is 0 Å². The number of aromatic nitrogens is 3. The van der Waals surface area contributed by atoms with Gasteiger partial charge in [-0.15, -0.1) is 0 Å². The molecule has 2 N–H and O–H groups in total. The Hall–Kier alpha value is -3.23. The van der Waals surface area contributed by atoms with Gasteiger partial charge in [0, 0.05) is 58.8 Å². The van der Waals surface area contributed by atoms with Crippen LogP contribution >= 0.6 is 0 Å². The molecular formula is C34H39FN6O. The van der Waals surface area contributed by atoms with Crippen LogP contribution in [0.15, 0.2) is 36.5 Å². The molecule has 2 atom stereocenters. The number of H-pyrrole nitrogens is 1. The quantitative estimate of drug-likeness (QED) is 0.294. The lowest BCUT2D eigenvalue weighted by Crippen LogP contribution is -2.51. The SMILES string of the molecule is Fc1c(-c2c[nH]c3cccc(CC4CC4)c23)ccc2c(N3CC4CCC(C3)N4)nc(OCC34CCCN3CCC4)nc12. The maximum Gasteiger partial charge on any atom is 0.319 e. The first-order valence-corrected chi connectivity index (χ1v) is 16.1. The van der Waals surface area contributed by atoms with Crippen molar-refractivity contribution in [2.75, 3.05) is 37.7 Å². The van der Waals surface area contributed by atoms with Gasteiger partial charge >= 0.3 is 6.01 Å². The average molecular weight is 567 g/mol. The highest BCUT2D eigenvalue weighted by Crippen LogP contribution is 2.42. The Morgan fingerprint density at radius 1 is 0.952 bits per heavy atom. The van der Waals surface area contributed by atoms with E-state index >= 15 is 4.39 Å². The number of piperazine rings is 1. The van der Waals surface area contributed by atoms with Gasteiger partial charge in [-0.2, -0.15) is 9.97 Å². The van der Waals surface area contributed by atoms with Crippen molar-refractivity contribution in [2.24, 2.45) is 5.92 Å². The third-order valence-electron chi connectivity index (χ3n) is 10.9. The molecule has 0 spiro atoms. The van der Waals surface area contributed by atoms with E-state index < -0.39 is 0 Å². The molecule has 42 heavy (non-hydrogen) atoms. The molecule has 2 aromatic carbocycles. The van der Waals surface area contributed by atoms with E-state index in [1.54, 1.807) is 0 Å². The van der Waals surface area contributed by atoms with Crippen LogP contribution in [0.4, 0.5) is 10.2 Å². The van der Waals surface area contributed by atoms with Gasteiger partial charge in [-0.1, -0.05) is 18.2 Å². The van der Waals surface area contributed by atoms with Crippen molar-refractivity contribution in [3.63, 3.8) is 0 Å². The van der Waals surface area contributed by atoms with Crippen molar-refractivity contribution in [3.8, 4) is 17.1 Å². The van der Waals surface area contributed by atoms with Crippen LogP contribution in [0.2, 0.25) is 0 Å². The lowest BCUT2D eigenvalue weighted by molar-refractivity contribution is 0.108. The minimum Gasteiger partial charge on any atom is -0.461 e. The number of ether oxygens (including phenoxy) is 1. The monoisotopic (exact) mass is 566 g/mol. The summed E-state index contributed by atoms with van der Waals surface area (Å²) in [4.78, 5) is 18.1.